The minimum absolute atomic E-state index is 0.202. The van der Waals surface area contributed by atoms with Crippen molar-refractivity contribution in [3.63, 3.8) is 0 Å². The zero-order valence-electron chi connectivity index (χ0n) is 17.0. The number of halogens is 1. The van der Waals surface area contributed by atoms with Gasteiger partial charge in [0, 0.05) is 0 Å². The van der Waals surface area contributed by atoms with Gasteiger partial charge in [-0.15, -0.1) is 0 Å². The Hall–Kier alpha value is -3.40. The van der Waals surface area contributed by atoms with Gasteiger partial charge in [0.25, 0.3) is 0 Å². The molecule has 0 aromatic heterocycles. The monoisotopic (exact) mass is 491 g/mol. The largest absolute Gasteiger partial charge is 0.495 e. The first-order valence-corrected chi connectivity index (χ1v) is 10.0. The normalized spacial score (nSPS) is 10.4. The number of esters is 1. The average molecular weight is 492 g/mol. The number of benzene rings is 2. The Kier molecular flexibility index (Phi) is 9.50. The van der Waals surface area contributed by atoms with Gasteiger partial charge in [-0.1, -0.05) is 12.1 Å². The van der Waals surface area contributed by atoms with Crippen molar-refractivity contribution in [3.8, 4) is 11.5 Å². The van der Waals surface area contributed by atoms with Crippen LogP contribution in [-0.2, 0) is 19.1 Å². The molecule has 2 amide bonds. The number of anilines is 1. The summed E-state index contributed by atoms with van der Waals surface area (Å²) in [6, 6.07) is 11.9. The zero-order valence-corrected chi connectivity index (χ0v) is 18.6. The second-order valence-corrected chi connectivity index (χ2v) is 6.86. The molecule has 2 aromatic carbocycles. The fourth-order valence-electron chi connectivity index (χ4n) is 2.36. The molecule has 0 aliphatic carbocycles. The number of nitrogens with one attached hydrogen (secondary N) is 2. The Morgan fingerprint density at radius 1 is 1.10 bits per heavy atom. The Morgan fingerprint density at radius 2 is 1.87 bits per heavy atom. The second kappa shape index (κ2) is 12.3. The molecule has 0 fully saturated rings. The lowest BCUT2D eigenvalue weighted by molar-refractivity contribution is -0.145. The number of amides is 2. The lowest BCUT2D eigenvalue weighted by atomic mass is 10.2. The number of carbonyl (C=O) groups is 3. The highest BCUT2D eigenvalue weighted by molar-refractivity contribution is 9.10. The molecule has 0 atom stereocenters. The highest BCUT2D eigenvalue weighted by Gasteiger charge is 2.11. The van der Waals surface area contributed by atoms with Gasteiger partial charge < -0.3 is 19.5 Å². The maximum absolute atomic E-state index is 12.0. The molecule has 2 aromatic rings. The smallest absolute Gasteiger partial charge is 0.344 e. The van der Waals surface area contributed by atoms with Crippen LogP contribution >= 0.6 is 15.9 Å². The summed E-state index contributed by atoms with van der Waals surface area (Å²) in [4.78, 5) is 35.3. The molecule has 31 heavy (non-hydrogen) atoms. The van der Waals surface area contributed by atoms with Crippen LogP contribution in [0.2, 0.25) is 0 Å². The summed E-state index contributed by atoms with van der Waals surface area (Å²) in [6.45, 7) is 1.80. The molecular formula is C21H22BrN3O6. The van der Waals surface area contributed by atoms with E-state index in [2.05, 4.69) is 31.8 Å². The Morgan fingerprint density at radius 3 is 2.58 bits per heavy atom. The average Bonchev–Trinajstić information content (AvgIpc) is 2.73. The molecule has 0 aliphatic heterocycles. The van der Waals surface area contributed by atoms with Crippen LogP contribution in [0.4, 0.5) is 5.69 Å². The van der Waals surface area contributed by atoms with E-state index in [0.717, 1.165) is 0 Å². The van der Waals surface area contributed by atoms with Crippen molar-refractivity contribution in [1.82, 2.24) is 5.43 Å². The third kappa shape index (κ3) is 8.09. The van der Waals surface area contributed by atoms with Gasteiger partial charge in [0.1, 0.15) is 17.9 Å². The highest BCUT2D eigenvalue weighted by Crippen LogP contribution is 2.25. The summed E-state index contributed by atoms with van der Waals surface area (Å²) in [5.74, 6) is -0.575. The van der Waals surface area contributed by atoms with E-state index in [4.69, 9.17) is 14.2 Å². The number of hydrazone groups is 1. The topological polar surface area (TPSA) is 115 Å². The summed E-state index contributed by atoms with van der Waals surface area (Å²) < 4.78 is 15.9. The molecular weight excluding hydrogens is 470 g/mol. The first-order chi connectivity index (χ1) is 14.9. The maximum atomic E-state index is 12.0. The van der Waals surface area contributed by atoms with Crippen LogP contribution in [0.1, 0.15) is 18.9 Å². The van der Waals surface area contributed by atoms with Gasteiger partial charge >= 0.3 is 5.97 Å². The van der Waals surface area contributed by atoms with Crippen LogP contribution in [0, 0.1) is 0 Å². The van der Waals surface area contributed by atoms with Crippen LogP contribution < -0.4 is 20.2 Å². The minimum atomic E-state index is -0.572. The molecule has 0 bridgehead atoms. The van der Waals surface area contributed by atoms with Crippen molar-refractivity contribution in [1.29, 1.82) is 0 Å². The summed E-state index contributed by atoms with van der Waals surface area (Å²) >= 11 is 3.34. The molecule has 10 heteroatoms. The van der Waals surface area contributed by atoms with Gasteiger partial charge in [-0.2, -0.15) is 5.10 Å². The van der Waals surface area contributed by atoms with Crippen molar-refractivity contribution in [2.24, 2.45) is 5.10 Å². The van der Waals surface area contributed by atoms with Crippen molar-refractivity contribution in [3.05, 3.63) is 52.5 Å². The number of nitrogens with zero attached hydrogens (tertiary/aromatic N) is 1. The van der Waals surface area contributed by atoms with Gasteiger partial charge in [-0.25, -0.2) is 10.2 Å². The molecule has 0 spiro atoms. The van der Waals surface area contributed by atoms with Crippen LogP contribution in [0.3, 0.4) is 0 Å². The Bertz CT molecular complexity index is 964. The molecule has 2 rings (SSSR count). The van der Waals surface area contributed by atoms with Crippen molar-refractivity contribution < 1.29 is 28.6 Å². The fourth-order valence-corrected chi connectivity index (χ4v) is 2.87. The number of carbonyl (C=O) groups excluding carboxylic acids is 3. The van der Waals surface area contributed by atoms with E-state index in [9.17, 15) is 14.4 Å². The first-order valence-electron chi connectivity index (χ1n) is 9.25. The van der Waals surface area contributed by atoms with Crippen LogP contribution in [-0.4, -0.2) is 44.3 Å². The number of hydrogen-bond donors (Lipinski definition) is 2. The van der Waals surface area contributed by atoms with E-state index in [0.29, 0.717) is 27.2 Å². The van der Waals surface area contributed by atoms with E-state index < -0.39 is 24.2 Å². The van der Waals surface area contributed by atoms with Crippen molar-refractivity contribution >= 4 is 45.6 Å². The molecule has 0 saturated carbocycles. The number of methoxy groups -OCH3 is 1. The third-order valence-corrected chi connectivity index (χ3v) is 4.33. The van der Waals surface area contributed by atoms with Gasteiger partial charge in [0.05, 0.1) is 30.1 Å². The third-order valence-electron chi connectivity index (χ3n) is 3.71. The number of rotatable bonds is 10. The van der Waals surface area contributed by atoms with Gasteiger partial charge in [0.15, 0.2) is 6.61 Å². The maximum Gasteiger partial charge on any atom is 0.344 e. The Labute approximate surface area is 187 Å². The van der Waals surface area contributed by atoms with E-state index in [1.807, 2.05) is 0 Å². The predicted octanol–water partition coefficient (Wildman–Crippen LogP) is 2.88. The SMILES string of the molecule is CCOC(=O)COc1ccc(C=NNC(=O)CC(=O)Nc2ccccc2OC)cc1Br. The van der Waals surface area contributed by atoms with E-state index in [1.165, 1.54) is 13.3 Å². The summed E-state index contributed by atoms with van der Waals surface area (Å²) in [5.41, 5.74) is 3.43. The fraction of sp³-hybridized carbons (Fsp3) is 0.238. The highest BCUT2D eigenvalue weighted by atomic mass is 79.9. The van der Waals surface area contributed by atoms with Gasteiger partial charge in [0.2, 0.25) is 11.8 Å². The molecule has 0 aliphatic rings. The van der Waals surface area contributed by atoms with Crippen molar-refractivity contribution in [2.75, 3.05) is 25.6 Å². The van der Waals surface area contributed by atoms with Crippen LogP contribution in [0.5, 0.6) is 11.5 Å². The molecule has 0 radical (unpaired) electrons. The molecule has 164 valence electrons. The zero-order chi connectivity index (χ0) is 22.6. The van der Waals surface area contributed by atoms with Crippen LogP contribution in [0.15, 0.2) is 52.0 Å². The summed E-state index contributed by atoms with van der Waals surface area (Å²) in [5, 5.41) is 6.45. The lowest BCUT2D eigenvalue weighted by Crippen LogP contribution is -2.24. The molecule has 0 heterocycles. The van der Waals surface area contributed by atoms with Crippen molar-refractivity contribution in [2.45, 2.75) is 13.3 Å². The summed E-state index contributed by atoms with van der Waals surface area (Å²) in [6.07, 6.45) is 1.01. The lowest BCUT2D eigenvalue weighted by Gasteiger charge is -2.09. The molecule has 0 saturated heterocycles. The number of para-hydroxylation sites is 2. The van der Waals surface area contributed by atoms with Gasteiger partial charge in [-0.3, -0.25) is 9.59 Å². The minimum Gasteiger partial charge on any atom is -0.495 e. The quantitative estimate of drug-likeness (QED) is 0.228. The Balaban J connectivity index is 1.83. The molecule has 2 N–H and O–H groups in total. The van der Waals surface area contributed by atoms with Crippen LogP contribution in [0.25, 0.3) is 0 Å². The second-order valence-electron chi connectivity index (χ2n) is 6.00. The molecule has 9 nitrogen and oxygen atoms in total. The van der Waals surface area contributed by atoms with E-state index in [1.54, 1.807) is 49.4 Å². The number of ether oxygens (including phenoxy) is 3. The van der Waals surface area contributed by atoms with E-state index in [-0.39, 0.29) is 13.2 Å². The predicted molar refractivity (Wildman–Crippen MR) is 118 cm³/mol. The molecule has 0 unspecified atom stereocenters. The number of hydrogen-bond acceptors (Lipinski definition) is 7. The standard InChI is InChI=1S/C21H22BrN3O6/c1-3-30-21(28)13-31-17-9-8-14(10-15(17)22)12-23-25-20(27)11-19(26)24-16-6-4-5-7-18(16)29-2/h4-10,12H,3,11,13H2,1-2H3,(H,24,26)(H,25,27). The first kappa shape index (κ1) is 23.9. The van der Waals surface area contributed by atoms with Gasteiger partial charge in [-0.05, 0) is 58.7 Å². The van der Waals surface area contributed by atoms with E-state index >= 15 is 0 Å². The summed E-state index contributed by atoms with van der Waals surface area (Å²) in [7, 11) is 1.49.